The Balaban J connectivity index is 3.07. The highest BCUT2D eigenvalue weighted by atomic mass is 16.6. The van der Waals surface area contributed by atoms with Gasteiger partial charge >= 0.3 is 6.09 Å². The van der Waals surface area contributed by atoms with Crippen LogP contribution in [0.4, 0.5) is 4.79 Å². The van der Waals surface area contributed by atoms with Crippen LogP contribution in [-0.4, -0.2) is 71.8 Å². The third kappa shape index (κ3) is 14.6. The van der Waals surface area contributed by atoms with Gasteiger partial charge in [0.15, 0.2) is 0 Å². The smallest absolute Gasteiger partial charge is 0.406 e. The number of hydrogen-bond donors (Lipinski definition) is 2. The highest BCUT2D eigenvalue weighted by molar-refractivity contribution is 5.86. The van der Waals surface area contributed by atoms with Crippen LogP contribution in [0.3, 0.4) is 0 Å². The van der Waals surface area contributed by atoms with E-state index in [2.05, 4.69) is 17.2 Å². The molecule has 8 heteroatoms. The Bertz CT molecular complexity index is 298. The summed E-state index contributed by atoms with van der Waals surface area (Å²) >= 11 is 0. The molecular weight excluding hydrogens is 280 g/mol. The number of ether oxygens (including phenoxy) is 4. The zero-order valence-corrected chi connectivity index (χ0v) is 12.4. The van der Waals surface area contributed by atoms with Gasteiger partial charge in [-0.2, -0.15) is 0 Å². The third-order valence-corrected chi connectivity index (χ3v) is 2.14. The van der Waals surface area contributed by atoms with Gasteiger partial charge in [0, 0.05) is 13.6 Å². The van der Waals surface area contributed by atoms with Crippen molar-refractivity contribution in [1.82, 2.24) is 10.6 Å². The molecule has 0 aromatic heterocycles. The summed E-state index contributed by atoms with van der Waals surface area (Å²) in [6.07, 6.45) is 0.735. The monoisotopic (exact) mass is 304 g/mol. The quantitative estimate of drug-likeness (QED) is 0.358. The molecule has 122 valence electrons. The second kappa shape index (κ2) is 14.8. The largest absolute Gasteiger partial charge is 0.447 e. The molecule has 8 nitrogen and oxygen atoms in total. The molecule has 0 fully saturated rings. The maximum absolute atomic E-state index is 10.8. The first-order valence-electron chi connectivity index (χ1n) is 6.68. The van der Waals surface area contributed by atoms with E-state index >= 15 is 0 Å². The first-order valence-corrected chi connectivity index (χ1v) is 6.68. The lowest BCUT2D eigenvalue weighted by molar-refractivity contribution is -0.116. The van der Waals surface area contributed by atoms with Crippen molar-refractivity contribution in [2.45, 2.75) is 0 Å². The summed E-state index contributed by atoms with van der Waals surface area (Å²) in [6, 6.07) is 0. The van der Waals surface area contributed by atoms with Gasteiger partial charge < -0.3 is 29.6 Å². The molecular formula is C13H24N2O6. The van der Waals surface area contributed by atoms with E-state index in [4.69, 9.17) is 18.9 Å². The first-order chi connectivity index (χ1) is 10.2. The minimum absolute atomic E-state index is 0.208. The molecule has 2 N–H and O–H groups in total. The Morgan fingerprint density at radius 3 is 2.00 bits per heavy atom. The zero-order chi connectivity index (χ0) is 15.8. The van der Waals surface area contributed by atoms with Gasteiger partial charge in [-0.25, -0.2) is 4.79 Å². The molecule has 0 aromatic carbocycles. The fourth-order valence-corrected chi connectivity index (χ4v) is 1.13. The van der Waals surface area contributed by atoms with Gasteiger partial charge in [-0.05, 0) is 6.08 Å². The summed E-state index contributed by atoms with van der Waals surface area (Å²) in [4.78, 5) is 21.5. The molecule has 0 aliphatic heterocycles. The molecule has 0 saturated carbocycles. The Kier molecular flexibility index (Phi) is 13.6. The van der Waals surface area contributed by atoms with Gasteiger partial charge in [0.1, 0.15) is 6.61 Å². The molecule has 2 amide bonds. The normalized spacial score (nSPS) is 9.95. The third-order valence-electron chi connectivity index (χ3n) is 2.14. The molecule has 0 bridgehead atoms. The standard InChI is InChI=1S/C13H24N2O6/c1-3-12(16)15-4-5-18-6-7-19-8-9-20-10-11-21-13(17)14-2/h3H,1,4-11H2,2H3,(H,14,17)(H,15,16). The predicted molar refractivity (Wildman–Crippen MR) is 76.1 cm³/mol. The molecule has 0 unspecified atom stereocenters. The van der Waals surface area contributed by atoms with Crippen LogP contribution < -0.4 is 10.6 Å². The fraction of sp³-hybridized carbons (Fsp3) is 0.692. The molecule has 0 heterocycles. The maximum atomic E-state index is 10.8. The molecule has 0 spiro atoms. The summed E-state index contributed by atoms with van der Waals surface area (Å²) < 4.78 is 20.4. The van der Waals surface area contributed by atoms with Crippen molar-refractivity contribution >= 4 is 12.0 Å². The van der Waals surface area contributed by atoms with Crippen LogP contribution in [-0.2, 0) is 23.7 Å². The average molecular weight is 304 g/mol. The topological polar surface area (TPSA) is 95.1 Å². The number of hydrogen-bond acceptors (Lipinski definition) is 6. The van der Waals surface area contributed by atoms with Gasteiger partial charge in [-0.3, -0.25) is 4.79 Å². The number of amides is 2. The minimum atomic E-state index is -0.476. The lowest BCUT2D eigenvalue weighted by Gasteiger charge is -2.07. The second-order valence-electron chi connectivity index (χ2n) is 3.72. The molecule has 0 aromatic rings. The summed E-state index contributed by atoms with van der Waals surface area (Å²) in [7, 11) is 1.49. The van der Waals surface area contributed by atoms with Crippen molar-refractivity contribution in [1.29, 1.82) is 0 Å². The van der Waals surface area contributed by atoms with Crippen LogP contribution in [0.25, 0.3) is 0 Å². The number of alkyl carbamates (subject to hydrolysis) is 1. The number of carbonyl (C=O) groups excluding carboxylic acids is 2. The van der Waals surface area contributed by atoms with Crippen molar-refractivity contribution in [3.05, 3.63) is 12.7 Å². The van der Waals surface area contributed by atoms with Crippen molar-refractivity contribution < 1.29 is 28.5 Å². The van der Waals surface area contributed by atoms with E-state index in [1.54, 1.807) is 0 Å². The van der Waals surface area contributed by atoms with E-state index in [0.29, 0.717) is 46.2 Å². The van der Waals surface area contributed by atoms with Gasteiger partial charge in [0.2, 0.25) is 5.91 Å². The molecule has 0 atom stereocenters. The van der Waals surface area contributed by atoms with E-state index in [-0.39, 0.29) is 12.5 Å². The van der Waals surface area contributed by atoms with Crippen LogP contribution in [0.15, 0.2) is 12.7 Å². The van der Waals surface area contributed by atoms with Gasteiger partial charge in [0.05, 0.1) is 39.6 Å². The SMILES string of the molecule is C=CC(=O)NCCOCCOCCOCCOC(=O)NC. The summed E-state index contributed by atoms with van der Waals surface area (Å²) in [5.41, 5.74) is 0. The molecule has 0 rings (SSSR count). The predicted octanol–water partition coefficient (Wildman–Crippen LogP) is -0.306. The van der Waals surface area contributed by atoms with E-state index in [1.165, 1.54) is 13.1 Å². The molecule has 21 heavy (non-hydrogen) atoms. The van der Waals surface area contributed by atoms with Crippen molar-refractivity contribution in [2.24, 2.45) is 0 Å². The van der Waals surface area contributed by atoms with E-state index in [9.17, 15) is 9.59 Å². The van der Waals surface area contributed by atoms with Gasteiger partial charge in [0.25, 0.3) is 0 Å². The van der Waals surface area contributed by atoms with Crippen molar-refractivity contribution in [2.75, 3.05) is 59.8 Å². The summed E-state index contributed by atoms with van der Waals surface area (Å²) in [5.74, 6) is -0.215. The Morgan fingerprint density at radius 1 is 0.952 bits per heavy atom. The zero-order valence-electron chi connectivity index (χ0n) is 12.4. The highest BCUT2D eigenvalue weighted by Gasteiger charge is 1.97. The van der Waals surface area contributed by atoms with E-state index < -0.39 is 6.09 Å². The van der Waals surface area contributed by atoms with E-state index in [0.717, 1.165) is 0 Å². The number of nitrogens with one attached hydrogen (secondary N) is 2. The number of carbonyl (C=O) groups is 2. The molecule has 0 radical (unpaired) electrons. The van der Waals surface area contributed by atoms with Gasteiger partial charge in [-0.15, -0.1) is 0 Å². The van der Waals surface area contributed by atoms with E-state index in [1.807, 2.05) is 0 Å². The fourth-order valence-electron chi connectivity index (χ4n) is 1.13. The Labute approximate surface area is 124 Å². The lowest BCUT2D eigenvalue weighted by Crippen LogP contribution is -2.25. The highest BCUT2D eigenvalue weighted by Crippen LogP contribution is 1.83. The van der Waals surface area contributed by atoms with Crippen LogP contribution >= 0.6 is 0 Å². The maximum Gasteiger partial charge on any atom is 0.406 e. The Morgan fingerprint density at radius 2 is 1.48 bits per heavy atom. The van der Waals surface area contributed by atoms with Crippen LogP contribution in [0.1, 0.15) is 0 Å². The van der Waals surface area contributed by atoms with Crippen molar-refractivity contribution in [3.8, 4) is 0 Å². The van der Waals surface area contributed by atoms with Crippen molar-refractivity contribution in [3.63, 3.8) is 0 Å². The minimum Gasteiger partial charge on any atom is -0.447 e. The number of rotatable bonds is 13. The first kappa shape index (κ1) is 19.4. The van der Waals surface area contributed by atoms with Crippen LogP contribution in [0.2, 0.25) is 0 Å². The lowest BCUT2D eigenvalue weighted by atomic mass is 10.5. The van der Waals surface area contributed by atoms with Gasteiger partial charge in [-0.1, -0.05) is 6.58 Å². The van der Waals surface area contributed by atoms with Crippen LogP contribution in [0.5, 0.6) is 0 Å². The second-order valence-corrected chi connectivity index (χ2v) is 3.72. The summed E-state index contributed by atoms with van der Waals surface area (Å²) in [6.45, 7) is 6.51. The average Bonchev–Trinajstić information content (AvgIpc) is 2.51. The Hall–Kier alpha value is -1.64. The molecule has 0 saturated heterocycles. The molecule has 0 aliphatic rings. The summed E-state index contributed by atoms with van der Waals surface area (Å²) in [5, 5.41) is 4.92. The van der Waals surface area contributed by atoms with Crippen LogP contribution in [0, 0.1) is 0 Å². The molecule has 0 aliphatic carbocycles.